The van der Waals surface area contributed by atoms with Crippen LogP contribution in [0.15, 0.2) is 4.42 Å². The average molecular weight is 166 g/mol. The second-order valence-electron chi connectivity index (χ2n) is 3.76. The van der Waals surface area contributed by atoms with Gasteiger partial charge >= 0.3 is 0 Å². The summed E-state index contributed by atoms with van der Waals surface area (Å²) in [6.07, 6.45) is 3.75. The molecule has 0 radical (unpaired) electrons. The fraction of sp³-hybridized carbons (Fsp3) is 0.778. The highest BCUT2D eigenvalue weighted by Gasteiger charge is 2.25. The van der Waals surface area contributed by atoms with Crippen LogP contribution in [0, 0.1) is 0 Å². The molecular weight excluding hydrogens is 152 g/mol. The normalized spacial score (nSPS) is 18.2. The van der Waals surface area contributed by atoms with Gasteiger partial charge in [-0.1, -0.05) is 20.3 Å². The second-order valence-corrected chi connectivity index (χ2v) is 3.76. The van der Waals surface area contributed by atoms with Gasteiger partial charge < -0.3 is 4.42 Å². The van der Waals surface area contributed by atoms with Crippen LogP contribution in [0.5, 0.6) is 0 Å². The van der Waals surface area contributed by atoms with E-state index < -0.39 is 0 Å². The molecule has 0 N–H and O–H groups in total. The maximum Gasteiger partial charge on any atom is 0.219 e. The van der Waals surface area contributed by atoms with Gasteiger partial charge in [0, 0.05) is 11.8 Å². The molecule has 0 aromatic carbocycles. The van der Waals surface area contributed by atoms with Crippen molar-refractivity contribution in [2.75, 3.05) is 0 Å². The van der Waals surface area contributed by atoms with Crippen molar-refractivity contribution in [3.63, 3.8) is 0 Å². The summed E-state index contributed by atoms with van der Waals surface area (Å²) < 4.78 is 5.53. The predicted molar refractivity (Wildman–Crippen MR) is 45.0 cm³/mol. The molecule has 66 valence electrons. The molecule has 1 aliphatic carbocycles. The number of hydrogen-bond donors (Lipinski definition) is 0. The van der Waals surface area contributed by atoms with Crippen molar-refractivity contribution in [1.82, 2.24) is 10.2 Å². The van der Waals surface area contributed by atoms with E-state index in [9.17, 15) is 0 Å². The summed E-state index contributed by atoms with van der Waals surface area (Å²) in [5.74, 6) is 2.54. The van der Waals surface area contributed by atoms with Crippen LogP contribution in [0.2, 0.25) is 0 Å². The van der Waals surface area contributed by atoms with Gasteiger partial charge in [0.05, 0.1) is 0 Å². The summed E-state index contributed by atoms with van der Waals surface area (Å²) in [4.78, 5) is 0. The van der Waals surface area contributed by atoms with Crippen molar-refractivity contribution in [2.45, 2.75) is 44.9 Å². The predicted octanol–water partition coefficient (Wildman–Crippen LogP) is 2.46. The Bertz CT molecular complexity index is 263. The first kappa shape index (κ1) is 7.77. The molecule has 3 nitrogen and oxygen atoms in total. The monoisotopic (exact) mass is 166 g/mol. The first-order chi connectivity index (χ1) is 5.77. The summed E-state index contributed by atoms with van der Waals surface area (Å²) in [5.41, 5.74) is 0. The quantitative estimate of drug-likeness (QED) is 0.677. The van der Waals surface area contributed by atoms with Gasteiger partial charge in [-0.3, -0.25) is 0 Å². The summed E-state index contributed by atoms with van der Waals surface area (Å²) in [6.45, 7) is 4.14. The third-order valence-electron chi connectivity index (χ3n) is 2.40. The van der Waals surface area contributed by atoms with Crippen LogP contribution in [0.3, 0.4) is 0 Å². The Hall–Kier alpha value is -0.860. The molecule has 0 amide bonds. The van der Waals surface area contributed by atoms with Gasteiger partial charge in [-0.05, 0) is 12.8 Å². The van der Waals surface area contributed by atoms with Gasteiger partial charge in [-0.25, -0.2) is 0 Å². The zero-order valence-corrected chi connectivity index (χ0v) is 7.58. The fourth-order valence-corrected chi connectivity index (χ4v) is 1.30. The lowest BCUT2D eigenvalue weighted by molar-refractivity contribution is 0.321. The standard InChI is InChI=1S/C9H14N2O/c1-6(2)8-10-11-9(12-8)7-4-3-5-7/h6-7H,3-5H2,1-2H3. The van der Waals surface area contributed by atoms with Gasteiger partial charge in [-0.2, -0.15) is 0 Å². The third kappa shape index (κ3) is 1.24. The van der Waals surface area contributed by atoms with E-state index in [-0.39, 0.29) is 0 Å². The summed E-state index contributed by atoms with van der Waals surface area (Å²) in [5, 5.41) is 8.04. The fourth-order valence-electron chi connectivity index (χ4n) is 1.30. The number of hydrogen-bond acceptors (Lipinski definition) is 3. The van der Waals surface area contributed by atoms with E-state index in [2.05, 4.69) is 24.0 Å². The lowest BCUT2D eigenvalue weighted by Crippen LogP contribution is -2.08. The molecule has 0 bridgehead atoms. The van der Waals surface area contributed by atoms with Crippen molar-refractivity contribution in [1.29, 1.82) is 0 Å². The summed E-state index contributed by atoms with van der Waals surface area (Å²) in [7, 11) is 0. The highest BCUT2D eigenvalue weighted by atomic mass is 16.4. The van der Waals surface area contributed by atoms with E-state index in [0.717, 1.165) is 11.8 Å². The Morgan fingerprint density at radius 3 is 2.50 bits per heavy atom. The molecule has 0 unspecified atom stereocenters. The molecule has 1 fully saturated rings. The van der Waals surface area contributed by atoms with Gasteiger partial charge in [0.15, 0.2) is 0 Å². The SMILES string of the molecule is CC(C)c1nnc(C2CCC2)o1. The maximum atomic E-state index is 5.53. The Kier molecular flexibility index (Phi) is 1.87. The lowest BCUT2D eigenvalue weighted by Gasteiger charge is -2.20. The first-order valence-electron chi connectivity index (χ1n) is 4.60. The Morgan fingerprint density at radius 2 is 2.08 bits per heavy atom. The zero-order valence-electron chi connectivity index (χ0n) is 7.58. The molecule has 1 saturated carbocycles. The average Bonchev–Trinajstić information content (AvgIpc) is 2.32. The minimum atomic E-state index is 0.353. The lowest BCUT2D eigenvalue weighted by atomic mass is 9.85. The Balaban J connectivity index is 2.12. The molecule has 0 saturated heterocycles. The van der Waals surface area contributed by atoms with E-state index in [0.29, 0.717) is 11.8 Å². The van der Waals surface area contributed by atoms with E-state index in [1.807, 2.05) is 0 Å². The van der Waals surface area contributed by atoms with Crippen molar-refractivity contribution in [3.05, 3.63) is 11.8 Å². The number of rotatable bonds is 2. The van der Waals surface area contributed by atoms with Gasteiger partial charge in [-0.15, -0.1) is 10.2 Å². The summed E-state index contributed by atoms with van der Waals surface area (Å²) >= 11 is 0. The van der Waals surface area contributed by atoms with E-state index >= 15 is 0 Å². The van der Waals surface area contributed by atoms with Crippen molar-refractivity contribution >= 4 is 0 Å². The van der Waals surface area contributed by atoms with Gasteiger partial charge in [0.2, 0.25) is 11.8 Å². The second kappa shape index (κ2) is 2.88. The van der Waals surface area contributed by atoms with E-state index in [4.69, 9.17) is 4.42 Å². The van der Waals surface area contributed by atoms with Crippen LogP contribution < -0.4 is 0 Å². The Labute approximate surface area is 72.2 Å². The number of nitrogens with zero attached hydrogens (tertiary/aromatic N) is 2. The molecule has 0 spiro atoms. The molecule has 3 heteroatoms. The Morgan fingerprint density at radius 1 is 1.33 bits per heavy atom. The van der Waals surface area contributed by atoms with Crippen molar-refractivity contribution in [3.8, 4) is 0 Å². The highest BCUT2D eigenvalue weighted by Crippen LogP contribution is 2.35. The van der Waals surface area contributed by atoms with Crippen LogP contribution in [0.4, 0.5) is 0 Å². The van der Waals surface area contributed by atoms with Crippen LogP contribution in [0.25, 0.3) is 0 Å². The van der Waals surface area contributed by atoms with Crippen LogP contribution in [-0.4, -0.2) is 10.2 Å². The molecule has 1 aromatic rings. The third-order valence-corrected chi connectivity index (χ3v) is 2.40. The molecule has 0 aliphatic heterocycles. The first-order valence-corrected chi connectivity index (χ1v) is 4.60. The molecule has 1 aromatic heterocycles. The van der Waals surface area contributed by atoms with Crippen LogP contribution in [-0.2, 0) is 0 Å². The molecule has 1 aliphatic rings. The number of aromatic nitrogens is 2. The maximum absolute atomic E-state index is 5.53. The van der Waals surface area contributed by atoms with Crippen molar-refractivity contribution < 1.29 is 4.42 Å². The van der Waals surface area contributed by atoms with Gasteiger partial charge in [0.1, 0.15) is 0 Å². The van der Waals surface area contributed by atoms with Gasteiger partial charge in [0.25, 0.3) is 0 Å². The van der Waals surface area contributed by atoms with Crippen molar-refractivity contribution in [2.24, 2.45) is 0 Å². The van der Waals surface area contributed by atoms with Crippen LogP contribution >= 0.6 is 0 Å². The molecule has 2 rings (SSSR count). The summed E-state index contributed by atoms with van der Waals surface area (Å²) in [6, 6.07) is 0. The zero-order chi connectivity index (χ0) is 8.55. The molecule has 0 atom stereocenters. The molecule has 1 heterocycles. The minimum Gasteiger partial charge on any atom is -0.425 e. The molecule has 12 heavy (non-hydrogen) atoms. The topological polar surface area (TPSA) is 38.9 Å². The molecular formula is C9H14N2O. The smallest absolute Gasteiger partial charge is 0.219 e. The van der Waals surface area contributed by atoms with Crippen LogP contribution in [0.1, 0.15) is 56.7 Å². The minimum absolute atomic E-state index is 0.353. The highest BCUT2D eigenvalue weighted by molar-refractivity contribution is 4.97. The largest absolute Gasteiger partial charge is 0.425 e. The van der Waals surface area contributed by atoms with E-state index in [1.54, 1.807) is 0 Å². The van der Waals surface area contributed by atoms with E-state index in [1.165, 1.54) is 19.3 Å².